The molecule has 1 rings (SSSR count). The zero-order chi connectivity index (χ0) is 19.5. The summed E-state index contributed by atoms with van der Waals surface area (Å²) in [7, 11) is -5.94. The number of sulfonamides is 1. The van der Waals surface area contributed by atoms with Crippen molar-refractivity contribution in [3.63, 3.8) is 0 Å². The number of anilines is 1. The molecule has 140 valence electrons. The molecule has 0 aliphatic rings. The van der Waals surface area contributed by atoms with E-state index in [9.17, 15) is 34.8 Å². The summed E-state index contributed by atoms with van der Waals surface area (Å²) in [5, 5.41) is 0. The van der Waals surface area contributed by atoms with E-state index in [-0.39, 0.29) is 23.9 Å². The molecule has 0 saturated carbocycles. The minimum Gasteiger partial charge on any atom is -0.275 e. The fourth-order valence-corrected chi connectivity index (χ4v) is 2.09. The molecule has 0 saturated heterocycles. The van der Waals surface area contributed by atoms with Gasteiger partial charge in [0.2, 0.25) is 0 Å². The molecule has 0 amide bonds. The maximum absolute atomic E-state index is 12.7. The third kappa shape index (κ3) is 5.39. The number of halogens is 6. The molecule has 0 aliphatic heterocycles. The van der Waals surface area contributed by atoms with E-state index < -0.39 is 33.0 Å². The Labute approximate surface area is 139 Å². The van der Waals surface area contributed by atoms with Gasteiger partial charge in [-0.15, -0.1) is 6.58 Å². The average Bonchev–Trinajstić information content (AvgIpc) is 2.44. The summed E-state index contributed by atoms with van der Waals surface area (Å²) in [6.07, 6.45) is -3.59. The van der Waals surface area contributed by atoms with Crippen LogP contribution in [0.25, 0.3) is 5.70 Å². The minimum absolute atomic E-state index is 0.0523. The van der Waals surface area contributed by atoms with Gasteiger partial charge in [-0.25, -0.2) is 0 Å². The van der Waals surface area contributed by atoms with E-state index in [0.29, 0.717) is 6.07 Å². The first kappa shape index (κ1) is 20.8. The number of hydrogen-bond donors (Lipinski definition) is 2. The van der Waals surface area contributed by atoms with Gasteiger partial charge in [0.05, 0.1) is 23.6 Å². The van der Waals surface area contributed by atoms with E-state index in [1.165, 1.54) is 6.08 Å². The van der Waals surface area contributed by atoms with Crippen molar-refractivity contribution in [3.05, 3.63) is 48.6 Å². The number of hydrogen-bond acceptors (Lipinski definition) is 4. The van der Waals surface area contributed by atoms with Crippen LogP contribution < -0.4 is 10.2 Å². The fourth-order valence-electron chi connectivity index (χ4n) is 1.51. The lowest BCUT2D eigenvalue weighted by atomic mass is 10.1. The second kappa shape index (κ2) is 7.35. The van der Waals surface area contributed by atoms with Crippen LogP contribution in [0.5, 0.6) is 0 Å². The first-order valence-corrected chi connectivity index (χ1v) is 7.76. The van der Waals surface area contributed by atoms with Crippen LogP contribution in [0.15, 0.2) is 37.4 Å². The predicted molar refractivity (Wildman–Crippen MR) is 78.4 cm³/mol. The Bertz CT molecular complexity index is 756. The molecular formula is C13H12F6N2O3S. The number of rotatable bonds is 7. The highest BCUT2D eigenvalue weighted by Gasteiger charge is 2.46. The topological polar surface area (TPSA) is 67.4 Å². The van der Waals surface area contributed by atoms with Crippen LogP contribution in [0.1, 0.15) is 11.1 Å². The van der Waals surface area contributed by atoms with Crippen LogP contribution >= 0.6 is 0 Å². The van der Waals surface area contributed by atoms with Crippen molar-refractivity contribution in [2.75, 3.05) is 11.3 Å². The molecule has 0 aliphatic carbocycles. The van der Waals surface area contributed by atoms with Gasteiger partial charge in [0, 0.05) is 5.56 Å². The molecule has 0 fully saturated rings. The van der Waals surface area contributed by atoms with Crippen molar-refractivity contribution in [2.45, 2.75) is 11.7 Å². The molecule has 0 unspecified atom stereocenters. The molecule has 0 bridgehead atoms. The van der Waals surface area contributed by atoms with Crippen molar-refractivity contribution in [2.24, 2.45) is 0 Å². The molecule has 0 radical (unpaired) electrons. The molecule has 5 nitrogen and oxygen atoms in total. The maximum atomic E-state index is 12.7. The normalized spacial score (nSPS) is 12.6. The molecule has 1 aromatic rings. The number of nitrogens with one attached hydrogen (secondary N) is 2. The highest BCUT2D eigenvalue weighted by Crippen LogP contribution is 2.35. The third-order valence-electron chi connectivity index (χ3n) is 2.62. The van der Waals surface area contributed by atoms with Crippen LogP contribution in [-0.4, -0.2) is 20.5 Å². The Morgan fingerprint density at radius 1 is 1.20 bits per heavy atom. The summed E-state index contributed by atoms with van der Waals surface area (Å²) in [6.45, 7) is 6.65. The van der Waals surface area contributed by atoms with Gasteiger partial charge in [0.15, 0.2) is 0 Å². The van der Waals surface area contributed by atoms with Gasteiger partial charge in [0.1, 0.15) is 0 Å². The van der Waals surface area contributed by atoms with Crippen LogP contribution in [-0.2, 0) is 21.0 Å². The molecule has 12 heteroatoms. The number of hydroxylamine groups is 1. The molecular weight excluding hydrogens is 378 g/mol. The van der Waals surface area contributed by atoms with Crippen molar-refractivity contribution in [1.29, 1.82) is 0 Å². The van der Waals surface area contributed by atoms with E-state index in [0.717, 1.165) is 10.8 Å². The standard InChI is InChI=1S/C13H12F6N2O3S/c1-3-6-24-20-8(2)10-5-4-9(12(14,15)16)7-11(10)21-25(22,23)13(17,18)19/h3-5,7,20-21H,1-2,6H2. The van der Waals surface area contributed by atoms with Gasteiger partial charge in [-0.3, -0.25) is 15.0 Å². The van der Waals surface area contributed by atoms with E-state index in [1.807, 2.05) is 0 Å². The minimum atomic E-state index is -5.94. The summed E-state index contributed by atoms with van der Waals surface area (Å²) in [4.78, 5) is 4.76. The molecule has 25 heavy (non-hydrogen) atoms. The smallest absolute Gasteiger partial charge is 0.275 e. The Morgan fingerprint density at radius 2 is 1.80 bits per heavy atom. The summed E-state index contributed by atoms with van der Waals surface area (Å²) >= 11 is 0. The zero-order valence-electron chi connectivity index (χ0n) is 12.3. The summed E-state index contributed by atoms with van der Waals surface area (Å²) < 4.78 is 99.2. The molecule has 2 N–H and O–H groups in total. The van der Waals surface area contributed by atoms with Gasteiger partial charge in [-0.05, 0) is 12.1 Å². The zero-order valence-corrected chi connectivity index (χ0v) is 13.1. The highest BCUT2D eigenvalue weighted by atomic mass is 32.2. The van der Waals surface area contributed by atoms with Gasteiger partial charge in [-0.2, -0.15) is 34.8 Å². The van der Waals surface area contributed by atoms with Crippen molar-refractivity contribution in [1.82, 2.24) is 5.48 Å². The van der Waals surface area contributed by atoms with Crippen LogP contribution in [0.2, 0.25) is 0 Å². The van der Waals surface area contributed by atoms with E-state index in [1.54, 1.807) is 0 Å². The number of benzene rings is 1. The van der Waals surface area contributed by atoms with Crippen molar-refractivity contribution < 1.29 is 39.6 Å². The van der Waals surface area contributed by atoms with Crippen LogP contribution in [0.4, 0.5) is 32.0 Å². The second-order valence-electron chi connectivity index (χ2n) is 4.49. The third-order valence-corrected chi connectivity index (χ3v) is 3.72. The SMILES string of the molecule is C=CCONC(=C)c1ccc(C(F)(F)F)cc1NS(=O)(=O)C(F)(F)F. The molecule has 0 atom stereocenters. The molecule has 1 aromatic carbocycles. The lowest BCUT2D eigenvalue weighted by molar-refractivity contribution is -0.137. The van der Waals surface area contributed by atoms with E-state index in [2.05, 4.69) is 18.6 Å². The summed E-state index contributed by atoms with van der Waals surface area (Å²) in [5.74, 6) is 0. The molecule has 0 aromatic heterocycles. The van der Waals surface area contributed by atoms with Gasteiger partial charge in [-0.1, -0.05) is 18.7 Å². The Kier molecular flexibility index (Phi) is 6.13. The lowest BCUT2D eigenvalue weighted by Gasteiger charge is -2.18. The van der Waals surface area contributed by atoms with Crippen molar-refractivity contribution in [3.8, 4) is 0 Å². The number of alkyl halides is 6. The van der Waals surface area contributed by atoms with E-state index >= 15 is 0 Å². The van der Waals surface area contributed by atoms with Crippen molar-refractivity contribution >= 4 is 21.4 Å². The maximum Gasteiger partial charge on any atom is 0.516 e. The van der Waals surface area contributed by atoms with Crippen LogP contribution in [0.3, 0.4) is 0 Å². The monoisotopic (exact) mass is 390 g/mol. The lowest BCUT2D eigenvalue weighted by Crippen LogP contribution is -2.30. The summed E-state index contributed by atoms with van der Waals surface area (Å²) in [6, 6.07) is 1.53. The Balaban J connectivity index is 3.33. The molecule has 0 heterocycles. The summed E-state index contributed by atoms with van der Waals surface area (Å²) in [5.41, 5.74) is -6.51. The first-order valence-electron chi connectivity index (χ1n) is 6.28. The quantitative estimate of drug-likeness (QED) is 0.323. The molecule has 0 spiro atoms. The van der Waals surface area contributed by atoms with Crippen LogP contribution in [0, 0.1) is 0 Å². The Morgan fingerprint density at radius 3 is 2.28 bits per heavy atom. The first-order chi connectivity index (χ1) is 11.3. The Hall–Kier alpha value is -2.21. The average molecular weight is 390 g/mol. The predicted octanol–water partition coefficient (Wildman–Crippen LogP) is 3.64. The second-order valence-corrected chi connectivity index (χ2v) is 6.16. The largest absolute Gasteiger partial charge is 0.516 e. The van der Waals surface area contributed by atoms with Gasteiger partial charge < -0.3 is 0 Å². The van der Waals surface area contributed by atoms with Gasteiger partial charge >= 0.3 is 21.7 Å². The highest BCUT2D eigenvalue weighted by molar-refractivity contribution is 7.93. The van der Waals surface area contributed by atoms with Gasteiger partial charge in [0.25, 0.3) is 0 Å². The fraction of sp³-hybridized carbons (Fsp3) is 0.231. The van der Waals surface area contributed by atoms with E-state index in [4.69, 9.17) is 4.84 Å².